The second kappa shape index (κ2) is 9.35. The number of guanidine groups is 1. The monoisotopic (exact) mass is 401 g/mol. The molecule has 2 N–H and O–H groups in total. The first kappa shape index (κ1) is 20.5. The highest BCUT2D eigenvalue weighted by atomic mass is 16.5. The van der Waals surface area contributed by atoms with Gasteiger partial charge in [-0.1, -0.05) is 18.9 Å². The van der Waals surface area contributed by atoms with E-state index in [4.69, 9.17) is 19.2 Å². The summed E-state index contributed by atoms with van der Waals surface area (Å²) in [7, 11) is 1.71. The Bertz CT molecular complexity index is 702. The van der Waals surface area contributed by atoms with Crippen LogP contribution in [0.15, 0.2) is 29.3 Å². The Morgan fingerprint density at radius 3 is 2.93 bits per heavy atom. The van der Waals surface area contributed by atoms with Gasteiger partial charge in [0.05, 0.1) is 12.7 Å². The van der Waals surface area contributed by atoms with Gasteiger partial charge in [0.2, 0.25) is 0 Å². The van der Waals surface area contributed by atoms with Crippen LogP contribution in [0.1, 0.15) is 45.4 Å². The van der Waals surface area contributed by atoms with Crippen molar-refractivity contribution in [2.24, 2.45) is 16.3 Å². The molecule has 4 rings (SSSR count). The fourth-order valence-corrected chi connectivity index (χ4v) is 5.52. The number of nitrogens with zero attached hydrogens (tertiary/aromatic N) is 1. The maximum atomic E-state index is 6.12. The van der Waals surface area contributed by atoms with Crippen molar-refractivity contribution in [2.75, 3.05) is 38.8 Å². The van der Waals surface area contributed by atoms with E-state index >= 15 is 0 Å². The van der Waals surface area contributed by atoms with Gasteiger partial charge < -0.3 is 24.8 Å². The van der Waals surface area contributed by atoms with Gasteiger partial charge >= 0.3 is 0 Å². The smallest absolute Gasteiger partial charge is 0.196 e. The van der Waals surface area contributed by atoms with Crippen molar-refractivity contribution in [3.8, 4) is 5.75 Å². The summed E-state index contributed by atoms with van der Waals surface area (Å²) < 4.78 is 17.0. The number of fused-ring (bicyclic) bond motifs is 2. The molecule has 3 atom stereocenters. The third kappa shape index (κ3) is 4.24. The van der Waals surface area contributed by atoms with Crippen molar-refractivity contribution in [3.63, 3.8) is 0 Å². The minimum Gasteiger partial charge on any atom is -0.493 e. The van der Waals surface area contributed by atoms with Gasteiger partial charge in [-0.15, -0.1) is 0 Å². The minimum atomic E-state index is 0.309. The van der Waals surface area contributed by atoms with Crippen molar-refractivity contribution in [3.05, 3.63) is 24.3 Å². The van der Waals surface area contributed by atoms with Gasteiger partial charge in [0.1, 0.15) is 5.75 Å². The summed E-state index contributed by atoms with van der Waals surface area (Å²) in [5.74, 6) is 2.35. The van der Waals surface area contributed by atoms with Gasteiger partial charge in [-0.25, -0.2) is 0 Å². The van der Waals surface area contributed by atoms with E-state index in [-0.39, 0.29) is 0 Å². The molecule has 6 heteroatoms. The Hall–Kier alpha value is -1.79. The number of rotatable bonds is 8. The average Bonchev–Trinajstić information content (AvgIpc) is 3.39. The second-order valence-corrected chi connectivity index (χ2v) is 8.48. The Morgan fingerprint density at radius 1 is 1.28 bits per heavy atom. The molecule has 1 spiro atoms. The summed E-state index contributed by atoms with van der Waals surface area (Å²) in [6.07, 6.45) is 7.68. The number of hydrogen-bond acceptors (Lipinski definition) is 4. The minimum absolute atomic E-state index is 0.309. The summed E-state index contributed by atoms with van der Waals surface area (Å²) in [4.78, 5) is 4.72. The zero-order chi connectivity index (χ0) is 20.1. The number of benzene rings is 1. The summed E-state index contributed by atoms with van der Waals surface area (Å²) in [5.41, 5.74) is 1.30. The van der Waals surface area contributed by atoms with E-state index in [1.165, 1.54) is 25.7 Å². The summed E-state index contributed by atoms with van der Waals surface area (Å²) in [6, 6.07) is 8.56. The highest BCUT2D eigenvalue weighted by Crippen LogP contribution is 2.60. The zero-order valence-corrected chi connectivity index (χ0v) is 17.8. The van der Waals surface area contributed by atoms with E-state index in [9.17, 15) is 0 Å². The second-order valence-electron chi connectivity index (χ2n) is 8.48. The first-order valence-electron chi connectivity index (χ1n) is 11.2. The van der Waals surface area contributed by atoms with E-state index < -0.39 is 0 Å². The third-order valence-electron chi connectivity index (χ3n) is 6.75. The van der Waals surface area contributed by atoms with Crippen LogP contribution < -0.4 is 15.4 Å². The summed E-state index contributed by atoms with van der Waals surface area (Å²) in [6.45, 7) is 5.09. The largest absolute Gasteiger partial charge is 0.493 e. The molecule has 3 aliphatic rings. The Kier molecular flexibility index (Phi) is 6.60. The Morgan fingerprint density at radius 2 is 2.14 bits per heavy atom. The van der Waals surface area contributed by atoms with Gasteiger partial charge in [0, 0.05) is 62.4 Å². The van der Waals surface area contributed by atoms with Crippen molar-refractivity contribution in [1.82, 2.24) is 5.32 Å². The molecule has 2 aliphatic carbocycles. The number of hydrogen-bond donors (Lipinski definition) is 2. The maximum Gasteiger partial charge on any atom is 0.196 e. The van der Waals surface area contributed by atoms with Crippen LogP contribution in [0, 0.1) is 11.3 Å². The Balaban J connectivity index is 1.40. The first-order valence-corrected chi connectivity index (χ1v) is 11.2. The van der Waals surface area contributed by atoms with Crippen LogP contribution in [-0.4, -0.2) is 51.6 Å². The van der Waals surface area contributed by atoms with Crippen LogP contribution >= 0.6 is 0 Å². The van der Waals surface area contributed by atoms with E-state index in [2.05, 4.69) is 23.6 Å². The molecule has 0 aromatic heterocycles. The van der Waals surface area contributed by atoms with Crippen molar-refractivity contribution >= 4 is 11.6 Å². The van der Waals surface area contributed by atoms with Crippen LogP contribution in [0.5, 0.6) is 5.75 Å². The number of nitrogens with one attached hydrogen (secondary N) is 2. The lowest BCUT2D eigenvalue weighted by atomic mass is 9.54. The van der Waals surface area contributed by atoms with Crippen LogP contribution in [-0.2, 0) is 9.47 Å². The normalized spacial score (nSPS) is 27.5. The Labute approximate surface area is 174 Å². The predicted molar refractivity (Wildman–Crippen MR) is 116 cm³/mol. The molecule has 1 aromatic carbocycles. The van der Waals surface area contributed by atoms with E-state index in [1.54, 1.807) is 7.11 Å². The topological polar surface area (TPSA) is 64.1 Å². The van der Waals surface area contributed by atoms with Crippen LogP contribution in [0.4, 0.5) is 5.69 Å². The quantitative estimate of drug-likeness (QED) is 0.394. The van der Waals surface area contributed by atoms with E-state index in [0.29, 0.717) is 36.7 Å². The molecule has 6 nitrogen and oxygen atoms in total. The summed E-state index contributed by atoms with van der Waals surface area (Å²) in [5, 5.41) is 7.29. The zero-order valence-electron chi connectivity index (χ0n) is 17.8. The van der Waals surface area contributed by atoms with Crippen molar-refractivity contribution < 1.29 is 14.2 Å². The molecule has 1 aliphatic heterocycles. The van der Waals surface area contributed by atoms with Crippen molar-refractivity contribution in [2.45, 2.75) is 57.6 Å². The van der Waals surface area contributed by atoms with Crippen molar-refractivity contribution in [1.29, 1.82) is 0 Å². The molecule has 3 unspecified atom stereocenters. The molecule has 1 saturated heterocycles. The number of methoxy groups -OCH3 is 1. The predicted octanol–water partition coefficient (Wildman–Crippen LogP) is 3.83. The molecule has 1 aromatic rings. The van der Waals surface area contributed by atoms with E-state index in [1.807, 2.05) is 18.2 Å². The van der Waals surface area contributed by atoms with Crippen LogP contribution in [0.2, 0.25) is 0 Å². The lowest BCUT2D eigenvalue weighted by molar-refractivity contribution is -0.124. The van der Waals surface area contributed by atoms with E-state index in [0.717, 1.165) is 43.4 Å². The van der Waals surface area contributed by atoms with Gasteiger partial charge in [-0.3, -0.25) is 4.99 Å². The highest BCUT2D eigenvalue weighted by Gasteiger charge is 2.65. The lowest BCUT2D eigenvalue weighted by Crippen LogP contribution is -2.68. The number of ether oxygens (including phenoxy) is 3. The van der Waals surface area contributed by atoms with Gasteiger partial charge in [0.15, 0.2) is 5.96 Å². The average molecular weight is 402 g/mol. The third-order valence-corrected chi connectivity index (χ3v) is 6.75. The molecule has 0 bridgehead atoms. The van der Waals surface area contributed by atoms with Crippen LogP contribution in [0.25, 0.3) is 0 Å². The lowest BCUT2D eigenvalue weighted by Gasteiger charge is -2.57. The van der Waals surface area contributed by atoms with Crippen LogP contribution in [0.3, 0.4) is 0 Å². The SMILES string of the molecule is CCN=C(Nc1cccc(OCCCOC)c1)NC1C2CCOC2C12CCCC2. The first-order chi connectivity index (χ1) is 14.3. The fourth-order valence-electron chi connectivity index (χ4n) is 5.52. The van der Waals surface area contributed by atoms with Gasteiger partial charge in [0.25, 0.3) is 0 Å². The summed E-state index contributed by atoms with van der Waals surface area (Å²) >= 11 is 0. The number of aliphatic imine (C=N–C) groups is 1. The standard InChI is InChI=1S/C23H35N3O3/c1-3-24-22(25-17-8-6-9-18(16-17)28-14-7-13-27-2)26-20-19-10-15-29-21(19)23(20)11-4-5-12-23/h6,8-9,16,19-21H,3-5,7,10-15H2,1-2H3,(H2,24,25,26). The van der Waals surface area contributed by atoms with Gasteiger partial charge in [-0.2, -0.15) is 0 Å². The van der Waals surface area contributed by atoms with Gasteiger partial charge in [-0.05, 0) is 38.3 Å². The highest BCUT2D eigenvalue weighted by molar-refractivity contribution is 5.94. The molecular weight excluding hydrogens is 366 g/mol. The maximum absolute atomic E-state index is 6.12. The molecule has 0 amide bonds. The molecule has 1 heterocycles. The molecule has 2 saturated carbocycles. The molecule has 0 radical (unpaired) electrons. The molecular formula is C23H35N3O3. The number of anilines is 1. The molecule has 3 fully saturated rings. The molecule has 160 valence electrons. The fraction of sp³-hybridized carbons (Fsp3) is 0.696. The molecule has 29 heavy (non-hydrogen) atoms.